The summed E-state index contributed by atoms with van der Waals surface area (Å²) in [7, 11) is 0. The van der Waals surface area contributed by atoms with Crippen molar-refractivity contribution in [2.24, 2.45) is 23.2 Å². The molecule has 5 heteroatoms. The van der Waals surface area contributed by atoms with Gasteiger partial charge in [-0.2, -0.15) is 0 Å². The number of nitrogens with one attached hydrogen (secondary N) is 2. The summed E-state index contributed by atoms with van der Waals surface area (Å²) in [5.74, 6) is 1.29. The van der Waals surface area contributed by atoms with Gasteiger partial charge >= 0.3 is 0 Å². The third kappa shape index (κ3) is 3.04. The van der Waals surface area contributed by atoms with Gasteiger partial charge in [0.25, 0.3) is 5.91 Å². The van der Waals surface area contributed by atoms with Crippen LogP contribution in [0.25, 0.3) is 0 Å². The van der Waals surface area contributed by atoms with Gasteiger partial charge < -0.3 is 0 Å². The van der Waals surface area contributed by atoms with E-state index in [-0.39, 0.29) is 16.9 Å². The van der Waals surface area contributed by atoms with Gasteiger partial charge in [0.05, 0.1) is 0 Å². The lowest BCUT2D eigenvalue weighted by Crippen LogP contribution is -2.50. The Balaban J connectivity index is 1.33. The van der Waals surface area contributed by atoms with Crippen LogP contribution in [0.3, 0.4) is 0 Å². The Morgan fingerprint density at radius 1 is 1.04 bits per heavy atom. The van der Waals surface area contributed by atoms with Crippen molar-refractivity contribution in [3.05, 3.63) is 35.6 Å². The number of halogens is 1. The van der Waals surface area contributed by atoms with Crippen LogP contribution in [0.1, 0.15) is 55.3 Å². The number of carbonyl (C=O) groups is 2. The third-order valence-electron chi connectivity index (χ3n) is 6.10. The molecule has 2 N–H and O–H groups in total. The van der Waals surface area contributed by atoms with Gasteiger partial charge in [-0.25, -0.2) is 4.39 Å². The highest BCUT2D eigenvalue weighted by Crippen LogP contribution is 2.61. The van der Waals surface area contributed by atoms with E-state index in [1.807, 2.05) is 0 Å². The molecule has 4 bridgehead atoms. The summed E-state index contributed by atoms with van der Waals surface area (Å²) >= 11 is 0. The van der Waals surface area contributed by atoms with Gasteiger partial charge in [-0.1, -0.05) is 6.07 Å². The fourth-order valence-corrected chi connectivity index (χ4v) is 5.72. The molecule has 0 aliphatic heterocycles. The fourth-order valence-electron chi connectivity index (χ4n) is 5.72. The number of hydrogen-bond acceptors (Lipinski definition) is 2. The normalized spacial score (nSPS) is 33.3. The Labute approximate surface area is 141 Å². The molecule has 4 aliphatic carbocycles. The summed E-state index contributed by atoms with van der Waals surface area (Å²) in [5.41, 5.74) is 5.26. The number of amides is 2. The van der Waals surface area contributed by atoms with E-state index in [1.165, 1.54) is 37.5 Å². The van der Waals surface area contributed by atoms with Gasteiger partial charge in [-0.3, -0.25) is 20.4 Å². The molecule has 5 rings (SSSR count). The maximum absolute atomic E-state index is 13.1. The van der Waals surface area contributed by atoms with Crippen LogP contribution < -0.4 is 10.9 Å². The maximum Gasteiger partial charge on any atom is 0.269 e. The maximum atomic E-state index is 13.1. The van der Waals surface area contributed by atoms with Gasteiger partial charge in [0, 0.05) is 12.0 Å². The number of carbonyl (C=O) groups excluding carboxylic acids is 2. The minimum atomic E-state index is -0.492. The number of benzene rings is 1. The molecule has 0 saturated heterocycles. The Bertz CT molecular complexity index is 638. The smallest absolute Gasteiger partial charge is 0.269 e. The van der Waals surface area contributed by atoms with E-state index in [1.54, 1.807) is 0 Å². The van der Waals surface area contributed by atoms with E-state index >= 15 is 0 Å². The van der Waals surface area contributed by atoms with Crippen LogP contribution in [-0.4, -0.2) is 11.8 Å². The van der Waals surface area contributed by atoms with Crippen LogP contribution in [-0.2, 0) is 4.79 Å². The largest absolute Gasteiger partial charge is 0.273 e. The zero-order valence-corrected chi connectivity index (χ0v) is 13.7. The summed E-state index contributed by atoms with van der Waals surface area (Å²) in [6.07, 6.45) is 7.99. The molecule has 1 aromatic carbocycles. The SMILES string of the molecule is O=C(CC12CC3CC(CC(C3)C1)C2)NNC(=O)c1cccc(F)c1. The van der Waals surface area contributed by atoms with Gasteiger partial charge in [-0.05, 0) is 79.9 Å². The van der Waals surface area contributed by atoms with Crippen LogP contribution in [0.15, 0.2) is 24.3 Å². The second-order valence-corrected chi connectivity index (χ2v) is 8.11. The quantitative estimate of drug-likeness (QED) is 0.836. The van der Waals surface area contributed by atoms with Crippen LogP contribution in [0.5, 0.6) is 0 Å². The molecule has 4 fully saturated rings. The Morgan fingerprint density at radius 3 is 2.25 bits per heavy atom. The highest BCUT2D eigenvalue weighted by Gasteiger charge is 2.51. The highest BCUT2D eigenvalue weighted by molar-refractivity contribution is 5.95. The van der Waals surface area contributed by atoms with Gasteiger partial charge in [0.2, 0.25) is 5.91 Å². The van der Waals surface area contributed by atoms with E-state index in [0.29, 0.717) is 6.42 Å². The summed E-state index contributed by atoms with van der Waals surface area (Å²) in [5, 5.41) is 0. The number of hydrazine groups is 1. The first-order valence-corrected chi connectivity index (χ1v) is 8.86. The van der Waals surface area contributed by atoms with Crippen LogP contribution in [0.2, 0.25) is 0 Å². The molecule has 0 spiro atoms. The average Bonchev–Trinajstić information content (AvgIpc) is 2.50. The second kappa shape index (κ2) is 5.87. The number of hydrogen-bond donors (Lipinski definition) is 2. The molecule has 128 valence electrons. The zero-order chi connectivity index (χ0) is 16.7. The monoisotopic (exact) mass is 330 g/mol. The van der Waals surface area contributed by atoms with E-state index < -0.39 is 11.7 Å². The zero-order valence-electron chi connectivity index (χ0n) is 13.7. The van der Waals surface area contributed by atoms with Crippen molar-refractivity contribution in [3.8, 4) is 0 Å². The molecule has 1 aromatic rings. The van der Waals surface area contributed by atoms with Crippen molar-refractivity contribution in [2.75, 3.05) is 0 Å². The molecule has 0 heterocycles. The second-order valence-electron chi connectivity index (χ2n) is 8.11. The summed E-state index contributed by atoms with van der Waals surface area (Å²) < 4.78 is 13.1. The van der Waals surface area contributed by atoms with Gasteiger partial charge in [0.15, 0.2) is 0 Å². The summed E-state index contributed by atoms with van der Waals surface area (Å²) in [6.45, 7) is 0. The molecule has 0 atom stereocenters. The van der Waals surface area contributed by atoms with Crippen molar-refractivity contribution in [1.82, 2.24) is 10.9 Å². The first kappa shape index (κ1) is 15.6. The Morgan fingerprint density at radius 2 is 1.67 bits per heavy atom. The fraction of sp³-hybridized carbons (Fsp3) is 0.579. The highest BCUT2D eigenvalue weighted by atomic mass is 19.1. The van der Waals surface area contributed by atoms with Crippen molar-refractivity contribution in [3.63, 3.8) is 0 Å². The van der Waals surface area contributed by atoms with Crippen molar-refractivity contribution in [2.45, 2.75) is 44.9 Å². The summed E-state index contributed by atoms with van der Waals surface area (Å²) in [6, 6.07) is 5.42. The van der Waals surface area contributed by atoms with Crippen molar-refractivity contribution in [1.29, 1.82) is 0 Å². The first-order valence-electron chi connectivity index (χ1n) is 8.86. The van der Waals surface area contributed by atoms with Crippen molar-refractivity contribution < 1.29 is 14.0 Å². The first-order chi connectivity index (χ1) is 11.5. The molecular formula is C19H23FN2O2. The molecule has 4 nitrogen and oxygen atoms in total. The van der Waals surface area contributed by atoms with Gasteiger partial charge in [-0.15, -0.1) is 0 Å². The molecule has 0 aromatic heterocycles. The molecule has 0 radical (unpaired) electrons. The lowest BCUT2D eigenvalue weighted by molar-refractivity contribution is -0.130. The lowest BCUT2D eigenvalue weighted by atomic mass is 9.49. The standard InChI is InChI=1S/C19H23FN2O2/c20-16-3-1-2-15(7-16)18(24)22-21-17(23)11-19-8-12-4-13(9-19)6-14(5-12)10-19/h1-3,7,12-14H,4-6,8-11H2,(H,21,23)(H,22,24). The molecular weight excluding hydrogens is 307 g/mol. The summed E-state index contributed by atoms with van der Waals surface area (Å²) in [4.78, 5) is 24.3. The van der Waals surface area contributed by atoms with E-state index in [9.17, 15) is 14.0 Å². The van der Waals surface area contributed by atoms with E-state index in [4.69, 9.17) is 0 Å². The lowest BCUT2D eigenvalue weighted by Gasteiger charge is -2.56. The van der Waals surface area contributed by atoms with Gasteiger partial charge in [0.1, 0.15) is 5.82 Å². The molecule has 0 unspecified atom stereocenters. The third-order valence-corrected chi connectivity index (χ3v) is 6.10. The predicted octanol–water partition coefficient (Wildman–Crippen LogP) is 3.19. The molecule has 24 heavy (non-hydrogen) atoms. The Hall–Kier alpha value is -1.91. The topological polar surface area (TPSA) is 58.2 Å². The van der Waals surface area contributed by atoms with Crippen molar-refractivity contribution >= 4 is 11.8 Å². The van der Waals surface area contributed by atoms with E-state index in [0.717, 1.165) is 43.1 Å². The van der Waals surface area contributed by atoms with Crippen LogP contribution in [0, 0.1) is 29.0 Å². The van der Waals surface area contributed by atoms with E-state index in [2.05, 4.69) is 10.9 Å². The minimum Gasteiger partial charge on any atom is -0.273 e. The molecule has 2 amide bonds. The minimum absolute atomic E-state index is 0.137. The molecule has 4 aliphatic rings. The predicted molar refractivity (Wildman–Crippen MR) is 87.2 cm³/mol. The van der Waals surface area contributed by atoms with Crippen LogP contribution in [0.4, 0.5) is 4.39 Å². The number of rotatable bonds is 3. The molecule has 4 saturated carbocycles. The Kier molecular flexibility index (Phi) is 3.82. The average molecular weight is 330 g/mol. The van der Waals surface area contributed by atoms with Crippen LogP contribution >= 0.6 is 0 Å².